The molecule has 0 atom stereocenters. The van der Waals surface area contributed by atoms with Gasteiger partial charge in [0.15, 0.2) is 0 Å². The average molecular weight is 588 g/mol. The molecule has 1 rings (SSSR count). The second-order valence-corrected chi connectivity index (χ2v) is 13.9. The van der Waals surface area contributed by atoms with Crippen molar-refractivity contribution in [3.8, 4) is 5.75 Å². The zero-order chi connectivity index (χ0) is 17.8. The first-order valence-electron chi connectivity index (χ1n) is 6.23. The molecule has 0 N–H and O–H groups in total. The van der Waals surface area contributed by atoms with Crippen molar-refractivity contribution in [2.75, 3.05) is 7.11 Å². The molecule has 0 unspecified atom stereocenters. The number of carbonyl (C=O) groups is 3. The van der Waals surface area contributed by atoms with E-state index in [1.807, 2.05) is 0 Å². The molecule has 0 spiro atoms. The summed E-state index contributed by atoms with van der Waals surface area (Å²) < 4.78 is 34.8. The molecular weight excluding hydrogens is 574 g/mol. The molecule has 0 aliphatic heterocycles. The number of ether oxygens (including phenoxy) is 1. The van der Waals surface area contributed by atoms with Crippen molar-refractivity contribution in [1.29, 1.82) is 0 Å². The average Bonchev–Trinajstić information content (AvgIpc) is 2.34. The van der Waals surface area contributed by atoms with E-state index in [1.165, 1.54) is 13.2 Å². The number of methoxy groups -OCH3 is 1. The molecule has 23 heavy (non-hydrogen) atoms. The second-order valence-electron chi connectivity index (χ2n) is 4.30. The van der Waals surface area contributed by atoms with Crippen LogP contribution in [0.4, 0.5) is 4.39 Å². The van der Waals surface area contributed by atoms with E-state index in [0.717, 1.165) is 26.8 Å². The molecule has 0 amide bonds. The number of hydrogen-bond acceptors (Lipinski definition) is 7. The Morgan fingerprint density at radius 2 is 1.43 bits per heavy atom. The normalized spacial score (nSPS) is 10.7. The molecule has 0 fully saturated rings. The van der Waals surface area contributed by atoms with Crippen LogP contribution >= 0.6 is 15.9 Å². The van der Waals surface area contributed by atoms with E-state index in [1.54, 1.807) is 0 Å². The van der Waals surface area contributed by atoms with Gasteiger partial charge in [0.1, 0.15) is 0 Å². The maximum atomic E-state index is 14.5. The van der Waals surface area contributed by atoms with Gasteiger partial charge in [-0.15, -0.1) is 0 Å². The van der Waals surface area contributed by atoms with Crippen LogP contribution in [0.15, 0.2) is 16.6 Å². The summed E-state index contributed by atoms with van der Waals surface area (Å²) in [6.07, 6.45) is 0. The summed E-state index contributed by atoms with van der Waals surface area (Å²) >= 11 is -2.57. The van der Waals surface area contributed by atoms with Gasteiger partial charge in [-0.25, -0.2) is 0 Å². The predicted molar refractivity (Wildman–Crippen MR) is 81.3 cm³/mol. The first kappa shape index (κ1) is 19.8. The summed E-state index contributed by atoms with van der Waals surface area (Å²) in [4.78, 5) is 34.4. The van der Waals surface area contributed by atoms with Crippen LogP contribution in [0.1, 0.15) is 20.8 Å². The van der Waals surface area contributed by atoms with Crippen molar-refractivity contribution in [3.63, 3.8) is 0 Å². The Bertz CT molecular complexity index is 609. The molecule has 10 heteroatoms. The molecular formula is C13H14BrFO7Pb. The molecule has 126 valence electrons. The van der Waals surface area contributed by atoms with Gasteiger partial charge in [0, 0.05) is 0 Å². The zero-order valence-corrected chi connectivity index (χ0v) is 18.2. The molecule has 0 aliphatic rings. The molecule has 0 aromatic heterocycles. The van der Waals surface area contributed by atoms with E-state index in [4.69, 9.17) is 12.8 Å². The maximum absolute atomic E-state index is 14.5. The Labute approximate surface area is 146 Å². The Balaban J connectivity index is 3.69. The summed E-state index contributed by atoms with van der Waals surface area (Å²) in [6, 6.07) is 2.44. The minimum atomic E-state index is -5.66. The first-order valence-corrected chi connectivity index (χ1v) is 13.7. The van der Waals surface area contributed by atoms with Crippen LogP contribution in [-0.4, -0.2) is 47.5 Å². The van der Waals surface area contributed by atoms with E-state index < -0.39 is 46.3 Å². The predicted octanol–water partition coefficient (Wildman–Crippen LogP) is 1.43. The molecule has 0 aliphatic carbocycles. The Kier molecular flexibility index (Phi) is 6.92. The molecule has 0 saturated heterocycles. The van der Waals surface area contributed by atoms with Crippen LogP contribution in [-0.2, 0) is 22.4 Å². The quantitative estimate of drug-likeness (QED) is 0.482. The number of benzene rings is 1. The van der Waals surface area contributed by atoms with Crippen LogP contribution in [0.2, 0.25) is 0 Å². The van der Waals surface area contributed by atoms with E-state index >= 15 is 0 Å². The summed E-state index contributed by atoms with van der Waals surface area (Å²) in [5, 5.41) is 0. The van der Waals surface area contributed by atoms with E-state index in [9.17, 15) is 18.8 Å². The molecule has 0 heterocycles. The molecule has 7 nitrogen and oxygen atoms in total. The van der Waals surface area contributed by atoms with Gasteiger partial charge < -0.3 is 0 Å². The number of hydrogen-bond donors (Lipinski definition) is 0. The first-order chi connectivity index (χ1) is 10.6. The van der Waals surface area contributed by atoms with Gasteiger partial charge in [0.05, 0.1) is 0 Å². The van der Waals surface area contributed by atoms with Gasteiger partial charge in [0.2, 0.25) is 0 Å². The number of carbonyl (C=O) groups excluding carboxylic acids is 3. The van der Waals surface area contributed by atoms with Crippen molar-refractivity contribution in [2.45, 2.75) is 20.8 Å². The fraction of sp³-hybridized carbons (Fsp3) is 0.308. The molecule has 1 aromatic carbocycles. The molecule has 0 saturated carbocycles. The summed E-state index contributed by atoms with van der Waals surface area (Å²) in [7, 11) is 1.25. The van der Waals surface area contributed by atoms with Crippen molar-refractivity contribution >= 4 is 59.5 Å². The summed E-state index contributed by atoms with van der Waals surface area (Å²) in [5.41, 5.74) is 0. The van der Waals surface area contributed by atoms with E-state index in [0.29, 0.717) is 4.47 Å². The Hall–Kier alpha value is -1.24. The van der Waals surface area contributed by atoms with Gasteiger partial charge in [-0.2, -0.15) is 0 Å². The van der Waals surface area contributed by atoms with E-state index in [2.05, 4.69) is 15.9 Å². The third kappa shape index (κ3) is 5.13. The fourth-order valence-electron chi connectivity index (χ4n) is 1.79. The Morgan fingerprint density at radius 3 is 1.78 bits per heavy atom. The third-order valence-corrected chi connectivity index (χ3v) is 13.6. The zero-order valence-electron chi connectivity index (χ0n) is 12.8. The van der Waals surface area contributed by atoms with Crippen LogP contribution in [0.5, 0.6) is 5.75 Å². The third-order valence-electron chi connectivity index (χ3n) is 2.38. The van der Waals surface area contributed by atoms with Crippen molar-refractivity contribution in [3.05, 3.63) is 22.4 Å². The van der Waals surface area contributed by atoms with Gasteiger partial charge >= 0.3 is 147 Å². The second kappa shape index (κ2) is 8.04. The monoisotopic (exact) mass is 588 g/mol. The SMILES string of the molecule is COc1cc(Br)cc(F)[c]1[Pb]([O]C(C)=O)([O]C(C)=O)[O]C(C)=O. The van der Waals surface area contributed by atoms with Crippen LogP contribution in [0.3, 0.4) is 0 Å². The molecule has 0 radical (unpaired) electrons. The Morgan fingerprint density at radius 1 is 1.00 bits per heavy atom. The summed E-state index contributed by atoms with van der Waals surface area (Å²) in [6.45, 7) is 3.10. The standard InChI is InChI=1S/C7H5BrFO.3C2H4O2.Pb/c1-10-7-3-5(8)2-6(9)4-7;3*1-2(3)4;/h2-3H,1H3;3*1H3,(H,3,4);/q;;;;+3/p-3. The topological polar surface area (TPSA) is 88.1 Å². The van der Waals surface area contributed by atoms with Crippen LogP contribution < -0.4 is 7.86 Å². The van der Waals surface area contributed by atoms with E-state index in [-0.39, 0.29) is 8.87 Å². The van der Waals surface area contributed by atoms with Gasteiger partial charge in [0.25, 0.3) is 0 Å². The van der Waals surface area contributed by atoms with Gasteiger partial charge in [-0.1, -0.05) is 0 Å². The minimum absolute atomic E-state index is 0.0673. The van der Waals surface area contributed by atoms with Gasteiger partial charge in [-0.05, 0) is 0 Å². The van der Waals surface area contributed by atoms with Crippen LogP contribution in [0, 0.1) is 5.82 Å². The van der Waals surface area contributed by atoms with Crippen molar-refractivity contribution < 1.29 is 31.6 Å². The van der Waals surface area contributed by atoms with Gasteiger partial charge in [-0.3, -0.25) is 0 Å². The van der Waals surface area contributed by atoms with Crippen molar-refractivity contribution in [1.82, 2.24) is 0 Å². The molecule has 0 bridgehead atoms. The van der Waals surface area contributed by atoms with Crippen molar-refractivity contribution in [2.24, 2.45) is 0 Å². The number of rotatable bonds is 5. The summed E-state index contributed by atoms with van der Waals surface area (Å²) in [5.74, 6) is -3.58. The fourth-order valence-corrected chi connectivity index (χ4v) is 11.6. The molecule has 1 aromatic rings. The number of halogens is 2. The van der Waals surface area contributed by atoms with Crippen LogP contribution in [0.25, 0.3) is 0 Å².